The number of esters is 4. The van der Waals surface area contributed by atoms with E-state index in [4.69, 9.17) is 18.9 Å². The molecule has 3 rings (SSSR count). The third kappa shape index (κ3) is 6.22. The number of ether oxygens (including phenoxy) is 4. The molecule has 0 aliphatic carbocycles. The van der Waals surface area contributed by atoms with Crippen molar-refractivity contribution in [3.8, 4) is 0 Å². The largest absolute Gasteiger partial charge is 0.463 e. The van der Waals surface area contributed by atoms with Gasteiger partial charge >= 0.3 is 23.9 Å². The fourth-order valence-electron chi connectivity index (χ4n) is 4.32. The van der Waals surface area contributed by atoms with Crippen LogP contribution in [0, 0.1) is 0 Å². The normalized spacial score (nSPS) is 15.4. The average molecular weight is 524 g/mol. The topological polar surface area (TPSA) is 117 Å². The number of rotatable bonds is 9. The molecule has 2 atom stereocenters. The molecule has 0 saturated carbocycles. The lowest BCUT2D eigenvalue weighted by Gasteiger charge is -2.31. The first kappa shape index (κ1) is 28.4. The van der Waals surface area contributed by atoms with Gasteiger partial charge in [-0.3, -0.25) is 0 Å². The minimum absolute atomic E-state index is 0.137. The lowest BCUT2D eigenvalue weighted by atomic mass is 9.80. The Hall–Kier alpha value is -4.14. The zero-order valence-corrected chi connectivity index (χ0v) is 22.5. The van der Waals surface area contributed by atoms with Crippen molar-refractivity contribution < 1.29 is 38.1 Å². The molecule has 1 N–H and O–H groups in total. The first-order valence-electron chi connectivity index (χ1n) is 12.5. The molecule has 0 fully saturated rings. The predicted molar refractivity (Wildman–Crippen MR) is 140 cm³/mol. The Morgan fingerprint density at radius 1 is 0.763 bits per heavy atom. The number of nitrogens with one attached hydrogen (secondary N) is 1. The van der Waals surface area contributed by atoms with Crippen LogP contribution in [-0.4, -0.2) is 49.3 Å². The van der Waals surface area contributed by atoms with Crippen molar-refractivity contribution in [2.45, 2.75) is 59.7 Å². The summed E-state index contributed by atoms with van der Waals surface area (Å²) in [4.78, 5) is 51.3. The van der Waals surface area contributed by atoms with Gasteiger partial charge in [0, 0.05) is 11.4 Å². The molecule has 9 nitrogen and oxygen atoms in total. The predicted octanol–water partition coefficient (Wildman–Crippen LogP) is 4.06. The molecule has 0 bridgehead atoms. The van der Waals surface area contributed by atoms with Gasteiger partial charge in [-0.25, -0.2) is 19.2 Å². The number of hydrogen-bond donors (Lipinski definition) is 1. The fourth-order valence-corrected chi connectivity index (χ4v) is 4.32. The third-order valence-electron chi connectivity index (χ3n) is 6.11. The van der Waals surface area contributed by atoms with Crippen molar-refractivity contribution in [3.05, 3.63) is 70.6 Å². The van der Waals surface area contributed by atoms with Crippen LogP contribution in [0.2, 0.25) is 0 Å². The minimum Gasteiger partial charge on any atom is -0.463 e. The number of carbonyl (C=O) groups excluding carboxylic acids is 4. The number of dihydropyridines is 1. The summed E-state index contributed by atoms with van der Waals surface area (Å²) in [6.07, 6.45) is -2.32. The highest BCUT2D eigenvalue weighted by Crippen LogP contribution is 2.40. The van der Waals surface area contributed by atoms with Gasteiger partial charge in [-0.2, -0.15) is 0 Å². The summed E-state index contributed by atoms with van der Waals surface area (Å²) >= 11 is 0. The van der Waals surface area contributed by atoms with Crippen LogP contribution in [0.15, 0.2) is 65.0 Å². The third-order valence-corrected chi connectivity index (χ3v) is 6.11. The van der Waals surface area contributed by atoms with Crippen molar-refractivity contribution in [2.24, 2.45) is 0 Å². The SMILES string of the molecule is CCOC(=O)[C@H](C)OC(=O)C1=C(C)NC(C)=C(C(=O)O[C@@H](C)C(=O)OCC)C1c1ccc2ccccc2c1. The van der Waals surface area contributed by atoms with Gasteiger partial charge in [-0.15, -0.1) is 0 Å². The molecule has 202 valence electrons. The Kier molecular flexibility index (Phi) is 9.28. The van der Waals surface area contributed by atoms with Crippen molar-refractivity contribution in [3.63, 3.8) is 0 Å². The van der Waals surface area contributed by atoms with Crippen LogP contribution in [0.1, 0.15) is 53.0 Å². The summed E-state index contributed by atoms with van der Waals surface area (Å²) in [6, 6.07) is 13.3. The van der Waals surface area contributed by atoms with Crippen LogP contribution in [0.4, 0.5) is 0 Å². The van der Waals surface area contributed by atoms with E-state index in [0.29, 0.717) is 17.0 Å². The molecule has 38 heavy (non-hydrogen) atoms. The smallest absolute Gasteiger partial charge is 0.347 e. The summed E-state index contributed by atoms with van der Waals surface area (Å²) < 4.78 is 20.9. The first-order valence-corrected chi connectivity index (χ1v) is 12.5. The Balaban J connectivity index is 2.08. The van der Waals surface area contributed by atoms with Crippen molar-refractivity contribution >= 4 is 34.6 Å². The summed E-state index contributed by atoms with van der Waals surface area (Å²) in [7, 11) is 0. The van der Waals surface area contributed by atoms with E-state index in [9.17, 15) is 19.2 Å². The van der Waals surface area contributed by atoms with Crippen LogP contribution in [0.25, 0.3) is 10.8 Å². The zero-order valence-electron chi connectivity index (χ0n) is 22.5. The van der Waals surface area contributed by atoms with E-state index < -0.39 is 42.0 Å². The van der Waals surface area contributed by atoms with Gasteiger partial charge in [-0.05, 0) is 57.9 Å². The molecule has 1 aliphatic rings. The van der Waals surface area contributed by atoms with Gasteiger partial charge in [0.2, 0.25) is 0 Å². The van der Waals surface area contributed by atoms with E-state index in [1.807, 2.05) is 42.5 Å². The van der Waals surface area contributed by atoms with Crippen LogP contribution < -0.4 is 5.32 Å². The number of fused-ring (bicyclic) bond motifs is 1. The second-order valence-corrected chi connectivity index (χ2v) is 8.84. The summed E-state index contributed by atoms with van der Waals surface area (Å²) in [5.41, 5.74) is 1.82. The van der Waals surface area contributed by atoms with E-state index in [1.54, 1.807) is 27.7 Å². The van der Waals surface area contributed by atoms with Crippen molar-refractivity contribution in [1.29, 1.82) is 0 Å². The number of hydrogen-bond acceptors (Lipinski definition) is 9. The first-order chi connectivity index (χ1) is 18.1. The van der Waals surface area contributed by atoms with Gasteiger partial charge in [0.25, 0.3) is 0 Å². The Morgan fingerprint density at radius 2 is 1.24 bits per heavy atom. The Morgan fingerprint density at radius 3 is 1.71 bits per heavy atom. The Labute approximate surface area is 221 Å². The highest BCUT2D eigenvalue weighted by molar-refractivity contribution is 6.01. The summed E-state index contributed by atoms with van der Waals surface area (Å²) in [5, 5.41) is 4.94. The van der Waals surface area contributed by atoms with E-state index in [1.165, 1.54) is 13.8 Å². The van der Waals surface area contributed by atoms with Crippen molar-refractivity contribution in [1.82, 2.24) is 5.32 Å². The highest BCUT2D eigenvalue weighted by atomic mass is 16.6. The number of benzene rings is 2. The second-order valence-electron chi connectivity index (χ2n) is 8.84. The summed E-state index contributed by atoms with van der Waals surface area (Å²) in [6.45, 7) is 9.81. The lowest BCUT2D eigenvalue weighted by molar-refractivity contribution is -0.164. The van der Waals surface area contributed by atoms with Gasteiger partial charge in [0.1, 0.15) is 0 Å². The molecule has 1 heterocycles. The Bertz CT molecular complexity index is 1250. The molecule has 0 aromatic heterocycles. The maximum absolute atomic E-state index is 13.5. The van der Waals surface area contributed by atoms with Gasteiger partial charge < -0.3 is 24.3 Å². The van der Waals surface area contributed by atoms with Crippen LogP contribution in [0.3, 0.4) is 0 Å². The molecule has 0 radical (unpaired) electrons. The standard InChI is InChI=1S/C29H33NO8/c1-7-35-26(31)18(5)37-28(33)23-16(3)30-17(4)24(29(34)38-19(6)27(32)36-8-2)25(23)22-14-13-20-11-9-10-12-21(20)15-22/h9-15,18-19,25,30H,7-8H2,1-6H3/t18-,19-/m0/s1. The van der Waals surface area contributed by atoms with Gasteiger partial charge in [0.15, 0.2) is 12.2 Å². The quantitative estimate of drug-likeness (QED) is 0.383. The maximum Gasteiger partial charge on any atom is 0.347 e. The molecule has 9 heteroatoms. The number of carbonyl (C=O) groups is 4. The molecule has 0 saturated heterocycles. The maximum atomic E-state index is 13.5. The average Bonchev–Trinajstić information content (AvgIpc) is 2.87. The van der Waals surface area contributed by atoms with Gasteiger partial charge in [-0.1, -0.05) is 42.5 Å². The minimum atomic E-state index is -1.16. The van der Waals surface area contributed by atoms with E-state index in [0.717, 1.165) is 10.8 Å². The molecule has 0 spiro atoms. The highest BCUT2D eigenvalue weighted by Gasteiger charge is 2.40. The molecule has 2 aromatic rings. The van der Waals surface area contributed by atoms with E-state index in [2.05, 4.69) is 5.32 Å². The number of allylic oxidation sites excluding steroid dienone is 2. The lowest BCUT2D eigenvalue weighted by Crippen LogP contribution is -2.36. The van der Waals surface area contributed by atoms with E-state index in [-0.39, 0.29) is 24.4 Å². The summed E-state index contributed by atoms with van der Waals surface area (Å²) in [5.74, 6) is -3.83. The molecule has 1 aliphatic heterocycles. The molecular weight excluding hydrogens is 490 g/mol. The van der Waals surface area contributed by atoms with Gasteiger partial charge in [0.05, 0.1) is 30.3 Å². The fraction of sp³-hybridized carbons (Fsp3) is 0.379. The van der Waals surface area contributed by atoms with Crippen LogP contribution in [-0.2, 0) is 38.1 Å². The molecule has 0 amide bonds. The van der Waals surface area contributed by atoms with Crippen LogP contribution >= 0.6 is 0 Å². The molecule has 2 aromatic carbocycles. The van der Waals surface area contributed by atoms with Crippen LogP contribution in [0.5, 0.6) is 0 Å². The second kappa shape index (κ2) is 12.4. The van der Waals surface area contributed by atoms with E-state index >= 15 is 0 Å². The van der Waals surface area contributed by atoms with Crippen molar-refractivity contribution in [2.75, 3.05) is 13.2 Å². The molecule has 0 unspecified atom stereocenters. The monoisotopic (exact) mass is 523 g/mol. The zero-order chi connectivity index (χ0) is 28.0. The molecular formula is C29H33NO8.